The zero-order chi connectivity index (χ0) is 16.8. The van der Waals surface area contributed by atoms with E-state index in [4.69, 9.17) is 0 Å². The summed E-state index contributed by atoms with van der Waals surface area (Å²) in [5.74, 6) is 0.345. The molecule has 1 N–H and O–H groups in total. The molecule has 1 aromatic heterocycles. The molecule has 1 saturated heterocycles. The zero-order valence-electron chi connectivity index (χ0n) is 14.0. The molecule has 0 aromatic carbocycles. The molecular formula is C16H25N5O2. The highest BCUT2D eigenvalue weighted by atomic mass is 16.2. The minimum Gasteiger partial charge on any atom is -0.353 e. The summed E-state index contributed by atoms with van der Waals surface area (Å²) in [5.41, 5.74) is 0.781. The summed E-state index contributed by atoms with van der Waals surface area (Å²) in [4.78, 5) is 36.3. The van der Waals surface area contributed by atoms with Crippen molar-refractivity contribution in [3.8, 4) is 0 Å². The van der Waals surface area contributed by atoms with Crippen LogP contribution in [0.3, 0.4) is 0 Å². The van der Waals surface area contributed by atoms with Crippen LogP contribution in [-0.4, -0.2) is 64.3 Å². The predicted molar refractivity (Wildman–Crippen MR) is 86.3 cm³/mol. The number of amides is 2. The Balaban J connectivity index is 1.96. The lowest BCUT2D eigenvalue weighted by molar-refractivity contribution is -0.138. The molecule has 2 amide bonds. The molecule has 2 rings (SSSR count). The van der Waals surface area contributed by atoms with Crippen LogP contribution in [0.1, 0.15) is 26.0 Å². The second kappa shape index (κ2) is 8.01. The van der Waals surface area contributed by atoms with Gasteiger partial charge in [-0.3, -0.25) is 14.5 Å². The van der Waals surface area contributed by atoms with E-state index in [9.17, 15) is 9.59 Å². The van der Waals surface area contributed by atoms with Crippen molar-refractivity contribution < 1.29 is 9.59 Å². The summed E-state index contributed by atoms with van der Waals surface area (Å²) >= 11 is 0. The lowest BCUT2D eigenvalue weighted by Crippen LogP contribution is -2.57. The Labute approximate surface area is 137 Å². The van der Waals surface area contributed by atoms with Gasteiger partial charge in [-0.1, -0.05) is 13.8 Å². The Hall–Kier alpha value is -2.02. The Morgan fingerprint density at radius 3 is 2.96 bits per heavy atom. The Bertz CT molecular complexity index is 535. The summed E-state index contributed by atoms with van der Waals surface area (Å²) in [6.45, 7) is 6.91. The lowest BCUT2D eigenvalue weighted by atomic mass is 10.1. The molecule has 0 saturated carbocycles. The van der Waals surface area contributed by atoms with E-state index >= 15 is 0 Å². The molecule has 1 atom stereocenters. The number of nitrogens with zero attached hydrogens (tertiary/aromatic N) is 4. The van der Waals surface area contributed by atoms with Gasteiger partial charge in [0.15, 0.2) is 0 Å². The second-order valence-corrected chi connectivity index (χ2v) is 6.35. The van der Waals surface area contributed by atoms with Gasteiger partial charge in [0, 0.05) is 32.9 Å². The molecule has 1 unspecified atom stereocenters. The van der Waals surface area contributed by atoms with Gasteiger partial charge in [0.1, 0.15) is 6.33 Å². The molecule has 2 heterocycles. The van der Waals surface area contributed by atoms with E-state index in [1.54, 1.807) is 24.2 Å². The van der Waals surface area contributed by atoms with Gasteiger partial charge < -0.3 is 10.2 Å². The van der Waals surface area contributed by atoms with Crippen LogP contribution in [0.4, 0.5) is 0 Å². The van der Waals surface area contributed by atoms with Crippen molar-refractivity contribution >= 4 is 11.8 Å². The minimum atomic E-state index is -0.383. The fraction of sp³-hybridized carbons (Fsp3) is 0.625. The Morgan fingerprint density at radius 1 is 1.52 bits per heavy atom. The molecule has 23 heavy (non-hydrogen) atoms. The second-order valence-electron chi connectivity index (χ2n) is 6.35. The van der Waals surface area contributed by atoms with Crippen molar-refractivity contribution in [2.24, 2.45) is 5.92 Å². The van der Waals surface area contributed by atoms with E-state index in [1.165, 1.54) is 6.33 Å². The van der Waals surface area contributed by atoms with Gasteiger partial charge in [-0.05, 0) is 12.0 Å². The maximum absolute atomic E-state index is 12.5. The van der Waals surface area contributed by atoms with E-state index in [0.717, 1.165) is 18.8 Å². The largest absolute Gasteiger partial charge is 0.353 e. The first kappa shape index (κ1) is 17.3. The van der Waals surface area contributed by atoms with Crippen molar-refractivity contribution in [2.75, 3.05) is 26.7 Å². The molecule has 0 spiro atoms. The van der Waals surface area contributed by atoms with Crippen LogP contribution in [0.2, 0.25) is 0 Å². The molecule has 0 bridgehead atoms. The van der Waals surface area contributed by atoms with Gasteiger partial charge in [-0.2, -0.15) is 0 Å². The van der Waals surface area contributed by atoms with Gasteiger partial charge in [0.25, 0.3) is 0 Å². The fourth-order valence-corrected chi connectivity index (χ4v) is 2.74. The minimum absolute atomic E-state index is 0.0549. The van der Waals surface area contributed by atoms with Gasteiger partial charge in [0.05, 0.1) is 24.7 Å². The molecule has 0 aliphatic carbocycles. The summed E-state index contributed by atoms with van der Waals surface area (Å²) in [5, 5.41) is 2.86. The maximum atomic E-state index is 12.5. The molecule has 1 aliphatic rings. The maximum Gasteiger partial charge on any atom is 0.237 e. The number of rotatable bonds is 6. The van der Waals surface area contributed by atoms with E-state index in [2.05, 4.69) is 34.0 Å². The van der Waals surface area contributed by atoms with Crippen molar-refractivity contribution in [3.05, 3.63) is 24.3 Å². The van der Waals surface area contributed by atoms with Crippen LogP contribution < -0.4 is 5.32 Å². The van der Waals surface area contributed by atoms with Crippen LogP contribution in [0.25, 0.3) is 0 Å². The van der Waals surface area contributed by atoms with Crippen molar-refractivity contribution in [1.29, 1.82) is 0 Å². The third kappa shape index (κ3) is 4.99. The van der Waals surface area contributed by atoms with Crippen molar-refractivity contribution in [3.63, 3.8) is 0 Å². The normalized spacial score (nSPS) is 18.8. The molecular weight excluding hydrogens is 294 g/mol. The first-order chi connectivity index (χ1) is 11.0. The third-order valence-electron chi connectivity index (χ3n) is 3.88. The van der Waals surface area contributed by atoms with Crippen LogP contribution >= 0.6 is 0 Å². The number of nitrogens with one attached hydrogen (secondary N) is 1. The van der Waals surface area contributed by atoms with Crippen molar-refractivity contribution in [2.45, 2.75) is 32.9 Å². The molecule has 7 heteroatoms. The van der Waals surface area contributed by atoms with Crippen LogP contribution in [-0.2, 0) is 16.1 Å². The van der Waals surface area contributed by atoms with E-state index in [1.807, 2.05) is 0 Å². The Morgan fingerprint density at radius 2 is 2.30 bits per heavy atom. The molecule has 0 radical (unpaired) electrons. The van der Waals surface area contributed by atoms with Gasteiger partial charge >= 0.3 is 0 Å². The number of piperazine rings is 1. The van der Waals surface area contributed by atoms with Crippen LogP contribution in [0, 0.1) is 5.92 Å². The SMILES string of the molecule is CC(C)CN1CCNC(=O)C1CC(=O)N(C)Cc1ccncn1. The van der Waals surface area contributed by atoms with E-state index < -0.39 is 0 Å². The van der Waals surface area contributed by atoms with Crippen LogP contribution in [0.5, 0.6) is 0 Å². The van der Waals surface area contributed by atoms with E-state index in [-0.39, 0.29) is 24.3 Å². The van der Waals surface area contributed by atoms with Crippen molar-refractivity contribution in [1.82, 2.24) is 25.1 Å². The topological polar surface area (TPSA) is 78.4 Å². The first-order valence-electron chi connectivity index (χ1n) is 7.98. The quantitative estimate of drug-likeness (QED) is 0.815. The highest BCUT2D eigenvalue weighted by Crippen LogP contribution is 2.13. The number of hydrogen-bond donors (Lipinski definition) is 1. The lowest BCUT2D eigenvalue weighted by Gasteiger charge is -2.36. The summed E-state index contributed by atoms with van der Waals surface area (Å²) in [6.07, 6.45) is 3.31. The number of carbonyl (C=O) groups excluding carboxylic acids is 2. The number of carbonyl (C=O) groups is 2. The van der Waals surface area contributed by atoms with Gasteiger partial charge in [0.2, 0.25) is 11.8 Å². The Kier molecular flexibility index (Phi) is 6.04. The van der Waals surface area contributed by atoms with Crippen LogP contribution in [0.15, 0.2) is 18.6 Å². The third-order valence-corrected chi connectivity index (χ3v) is 3.88. The van der Waals surface area contributed by atoms with Gasteiger partial charge in [-0.15, -0.1) is 0 Å². The highest BCUT2D eigenvalue weighted by molar-refractivity contribution is 5.88. The monoisotopic (exact) mass is 319 g/mol. The smallest absolute Gasteiger partial charge is 0.237 e. The predicted octanol–water partition coefficient (Wildman–Crippen LogP) is 0.282. The average molecular weight is 319 g/mol. The number of hydrogen-bond acceptors (Lipinski definition) is 5. The van der Waals surface area contributed by atoms with Gasteiger partial charge in [-0.25, -0.2) is 9.97 Å². The molecule has 1 aromatic rings. The standard InChI is InChI=1S/C16H25N5O2/c1-12(2)9-21-7-6-18-16(23)14(21)8-15(22)20(3)10-13-4-5-17-11-19-13/h4-5,11-12,14H,6-10H2,1-3H3,(H,18,23). The molecule has 1 aliphatic heterocycles. The molecule has 1 fully saturated rings. The highest BCUT2D eigenvalue weighted by Gasteiger charge is 2.32. The first-order valence-corrected chi connectivity index (χ1v) is 7.98. The molecule has 126 valence electrons. The summed E-state index contributed by atoms with van der Waals surface area (Å²) < 4.78 is 0. The summed E-state index contributed by atoms with van der Waals surface area (Å²) in [6, 6.07) is 1.40. The zero-order valence-corrected chi connectivity index (χ0v) is 14.0. The number of aromatic nitrogens is 2. The van der Waals surface area contributed by atoms with E-state index in [0.29, 0.717) is 19.0 Å². The molecule has 7 nitrogen and oxygen atoms in total. The fourth-order valence-electron chi connectivity index (χ4n) is 2.74. The average Bonchev–Trinajstić information content (AvgIpc) is 2.51. The summed E-state index contributed by atoms with van der Waals surface area (Å²) in [7, 11) is 1.73.